The molecule has 6 nitrogen and oxygen atoms in total. The number of aromatic nitrogens is 3. The third kappa shape index (κ3) is 3.19. The number of imidazole rings is 1. The third-order valence-corrected chi connectivity index (χ3v) is 7.13. The van der Waals surface area contributed by atoms with Crippen molar-refractivity contribution < 1.29 is 12.8 Å². The van der Waals surface area contributed by atoms with Gasteiger partial charge in [-0.15, -0.1) is 0 Å². The van der Waals surface area contributed by atoms with Crippen LogP contribution in [0.4, 0.5) is 4.39 Å². The first-order valence-electron chi connectivity index (χ1n) is 7.88. The molecule has 3 heterocycles. The van der Waals surface area contributed by atoms with Crippen molar-refractivity contribution in [3.8, 4) is 0 Å². The van der Waals surface area contributed by atoms with Gasteiger partial charge >= 0.3 is 0 Å². The Morgan fingerprint density at radius 1 is 1.36 bits per heavy atom. The molecule has 0 aliphatic carbocycles. The number of sulfone groups is 1. The molecule has 0 amide bonds. The Balaban J connectivity index is 1.38. The Labute approximate surface area is 149 Å². The summed E-state index contributed by atoms with van der Waals surface area (Å²) in [6.07, 6.45) is 3.13. The molecule has 0 N–H and O–H groups in total. The van der Waals surface area contributed by atoms with Gasteiger partial charge in [0.2, 0.25) is 15.0 Å². The van der Waals surface area contributed by atoms with Gasteiger partial charge in [0.25, 0.3) is 0 Å². The highest BCUT2D eigenvalue weighted by Gasteiger charge is 2.33. The molecule has 4 rings (SSSR count). The molecule has 1 fully saturated rings. The van der Waals surface area contributed by atoms with Crippen LogP contribution in [0.5, 0.6) is 0 Å². The summed E-state index contributed by atoms with van der Waals surface area (Å²) in [5.41, 5.74) is 0.922. The zero-order chi connectivity index (χ0) is 17.6. The molecular weight excluding hydrogens is 363 g/mol. The van der Waals surface area contributed by atoms with E-state index >= 15 is 0 Å². The van der Waals surface area contributed by atoms with Crippen LogP contribution in [-0.2, 0) is 23.4 Å². The number of fused-ring (bicyclic) bond motifs is 1. The van der Waals surface area contributed by atoms with Crippen molar-refractivity contribution in [2.75, 3.05) is 18.8 Å². The fourth-order valence-electron chi connectivity index (χ4n) is 3.24. The maximum atomic E-state index is 13.2. The summed E-state index contributed by atoms with van der Waals surface area (Å²) < 4.78 is 44.8. The lowest BCUT2D eigenvalue weighted by atomic mass is 10.0. The molecule has 0 atom stereocenters. The molecule has 0 radical (unpaired) electrons. The number of likely N-dealkylation sites (tertiary alicyclic amines) is 1. The van der Waals surface area contributed by atoms with Gasteiger partial charge in [-0.05, 0) is 35.6 Å². The van der Waals surface area contributed by atoms with Crippen molar-refractivity contribution in [2.24, 2.45) is 13.0 Å². The lowest BCUT2D eigenvalue weighted by Gasteiger charge is -2.38. The van der Waals surface area contributed by atoms with E-state index in [0.717, 1.165) is 15.8 Å². The number of halogens is 1. The lowest BCUT2D eigenvalue weighted by Crippen LogP contribution is -2.49. The first-order valence-corrected chi connectivity index (χ1v) is 10.3. The summed E-state index contributed by atoms with van der Waals surface area (Å²) in [5, 5.41) is 1.09. The van der Waals surface area contributed by atoms with E-state index in [9.17, 15) is 12.8 Å². The number of nitrogens with zero attached hydrogens (tertiary/aromatic N) is 4. The van der Waals surface area contributed by atoms with Crippen LogP contribution in [0.2, 0.25) is 0 Å². The minimum atomic E-state index is -3.36. The van der Waals surface area contributed by atoms with Crippen molar-refractivity contribution in [1.82, 2.24) is 18.8 Å². The van der Waals surface area contributed by atoms with Crippen LogP contribution in [0.15, 0.2) is 35.7 Å². The van der Waals surface area contributed by atoms with Gasteiger partial charge < -0.3 is 4.57 Å². The molecule has 2 aromatic heterocycles. The summed E-state index contributed by atoms with van der Waals surface area (Å²) in [4.78, 5) is 6.11. The summed E-state index contributed by atoms with van der Waals surface area (Å²) in [5.74, 6) is -0.0487. The molecule has 1 saturated heterocycles. The van der Waals surface area contributed by atoms with E-state index < -0.39 is 9.84 Å². The predicted octanol–water partition coefficient (Wildman–Crippen LogP) is 2.07. The summed E-state index contributed by atoms with van der Waals surface area (Å²) >= 11 is 1.29. The summed E-state index contributed by atoms with van der Waals surface area (Å²) in [6.45, 7) is 2.08. The Kier molecular flexibility index (Phi) is 4.09. The van der Waals surface area contributed by atoms with Crippen LogP contribution >= 0.6 is 11.5 Å². The topological polar surface area (TPSA) is 68.1 Å². The highest BCUT2D eigenvalue weighted by Crippen LogP contribution is 2.28. The van der Waals surface area contributed by atoms with Gasteiger partial charge in [0.1, 0.15) is 5.82 Å². The molecule has 0 spiro atoms. The molecule has 1 aromatic carbocycles. The molecular formula is C16H17FN4O2S2. The lowest BCUT2D eigenvalue weighted by molar-refractivity contribution is 0.106. The van der Waals surface area contributed by atoms with E-state index in [2.05, 4.69) is 14.3 Å². The SMILES string of the molecule is Cn1ccnc1S(=O)(=O)CC1CN(Cc2nsc3cc(F)ccc23)C1. The van der Waals surface area contributed by atoms with Crippen molar-refractivity contribution in [2.45, 2.75) is 11.7 Å². The second kappa shape index (κ2) is 6.15. The van der Waals surface area contributed by atoms with Crippen molar-refractivity contribution in [3.05, 3.63) is 42.1 Å². The monoisotopic (exact) mass is 380 g/mol. The molecule has 0 bridgehead atoms. The highest BCUT2D eigenvalue weighted by molar-refractivity contribution is 7.91. The average Bonchev–Trinajstić information content (AvgIpc) is 3.11. The molecule has 132 valence electrons. The van der Waals surface area contributed by atoms with Gasteiger partial charge in [-0.2, -0.15) is 4.37 Å². The molecule has 1 aliphatic heterocycles. The van der Waals surface area contributed by atoms with Gasteiger partial charge in [0, 0.05) is 44.5 Å². The third-order valence-electron chi connectivity index (χ3n) is 4.43. The number of benzene rings is 1. The summed E-state index contributed by atoms with van der Waals surface area (Å²) in [6, 6.07) is 4.69. The smallest absolute Gasteiger partial charge is 0.227 e. The van der Waals surface area contributed by atoms with Crippen LogP contribution in [0.25, 0.3) is 10.1 Å². The molecule has 0 saturated carbocycles. The number of hydrogen-bond donors (Lipinski definition) is 0. The van der Waals surface area contributed by atoms with E-state index in [1.165, 1.54) is 34.4 Å². The largest absolute Gasteiger partial charge is 0.325 e. The number of hydrogen-bond acceptors (Lipinski definition) is 6. The predicted molar refractivity (Wildman–Crippen MR) is 93.6 cm³/mol. The fourth-order valence-corrected chi connectivity index (χ4v) is 5.75. The Hall–Kier alpha value is -1.84. The van der Waals surface area contributed by atoms with Gasteiger partial charge in [0.05, 0.1) is 16.1 Å². The van der Waals surface area contributed by atoms with Crippen molar-refractivity contribution >= 4 is 31.5 Å². The van der Waals surface area contributed by atoms with Crippen molar-refractivity contribution in [3.63, 3.8) is 0 Å². The molecule has 1 aliphatic rings. The quantitative estimate of drug-likeness (QED) is 0.678. The molecule has 25 heavy (non-hydrogen) atoms. The molecule has 0 unspecified atom stereocenters. The first kappa shape index (κ1) is 16.6. The first-order chi connectivity index (χ1) is 11.9. The van der Waals surface area contributed by atoms with E-state index in [4.69, 9.17) is 0 Å². The maximum absolute atomic E-state index is 13.2. The Bertz CT molecular complexity index is 1020. The Morgan fingerprint density at radius 3 is 2.88 bits per heavy atom. The zero-order valence-corrected chi connectivity index (χ0v) is 15.2. The maximum Gasteiger partial charge on any atom is 0.227 e. The fraction of sp³-hybridized carbons (Fsp3) is 0.375. The number of aryl methyl sites for hydroxylation is 1. The van der Waals surface area contributed by atoms with E-state index in [1.807, 2.05) is 0 Å². The Morgan fingerprint density at radius 2 is 2.16 bits per heavy atom. The minimum Gasteiger partial charge on any atom is -0.325 e. The van der Waals surface area contributed by atoms with Gasteiger partial charge in [-0.3, -0.25) is 4.90 Å². The van der Waals surface area contributed by atoms with Crippen LogP contribution in [-0.4, -0.2) is 46.1 Å². The van der Waals surface area contributed by atoms with E-state index in [-0.39, 0.29) is 22.6 Å². The van der Waals surface area contributed by atoms with Crippen LogP contribution in [0.1, 0.15) is 5.69 Å². The molecule has 3 aromatic rings. The number of rotatable bonds is 5. The van der Waals surface area contributed by atoms with Gasteiger partial charge in [-0.1, -0.05) is 0 Å². The zero-order valence-electron chi connectivity index (χ0n) is 13.6. The second-order valence-electron chi connectivity index (χ2n) is 6.43. The summed E-state index contributed by atoms with van der Waals surface area (Å²) in [7, 11) is -1.68. The van der Waals surface area contributed by atoms with Gasteiger partial charge in [-0.25, -0.2) is 17.8 Å². The normalized spacial score (nSPS) is 16.4. The van der Waals surface area contributed by atoms with Crippen LogP contribution in [0, 0.1) is 11.7 Å². The van der Waals surface area contributed by atoms with Crippen molar-refractivity contribution in [1.29, 1.82) is 0 Å². The average molecular weight is 380 g/mol. The highest BCUT2D eigenvalue weighted by atomic mass is 32.2. The second-order valence-corrected chi connectivity index (χ2v) is 9.16. The minimum absolute atomic E-state index is 0.101. The van der Waals surface area contributed by atoms with E-state index in [0.29, 0.717) is 19.6 Å². The molecule has 9 heteroatoms. The van der Waals surface area contributed by atoms with Gasteiger partial charge in [0.15, 0.2) is 0 Å². The standard InChI is InChI=1S/C16H17FN4O2S2/c1-20-5-4-18-16(20)25(22,23)10-11-7-21(8-11)9-14-13-3-2-12(17)6-15(13)24-19-14/h2-6,11H,7-10H2,1H3. The van der Waals surface area contributed by atoms with E-state index in [1.54, 1.807) is 19.3 Å². The van der Waals surface area contributed by atoms with Crippen LogP contribution < -0.4 is 0 Å². The van der Waals surface area contributed by atoms with Crippen LogP contribution in [0.3, 0.4) is 0 Å².